The summed E-state index contributed by atoms with van der Waals surface area (Å²) in [6.45, 7) is 0. The van der Waals surface area contributed by atoms with Gasteiger partial charge in [-0.3, -0.25) is 20.2 Å². The second-order valence-electron chi connectivity index (χ2n) is 6.96. The first kappa shape index (κ1) is 18.1. The highest BCUT2D eigenvalue weighted by atomic mass is 16.6. The first-order valence-electron chi connectivity index (χ1n) is 9.11. The Hall–Kier alpha value is -3.25. The van der Waals surface area contributed by atoms with Crippen LogP contribution in [0.5, 0.6) is 0 Å². The van der Waals surface area contributed by atoms with Crippen molar-refractivity contribution in [1.82, 2.24) is 5.32 Å². The molecule has 0 unspecified atom stereocenters. The number of nitrogens with one attached hydrogen (secondary N) is 1. The van der Waals surface area contributed by atoms with Crippen LogP contribution in [-0.4, -0.2) is 30.1 Å². The predicted octanol–water partition coefficient (Wildman–Crippen LogP) is 3.45. The van der Waals surface area contributed by atoms with Crippen LogP contribution in [0.25, 0.3) is 10.8 Å². The van der Waals surface area contributed by atoms with Gasteiger partial charge in [0.2, 0.25) is 6.04 Å². The molecular formula is C22H20N2O4. The van der Waals surface area contributed by atoms with Crippen molar-refractivity contribution in [3.8, 4) is 0 Å². The minimum atomic E-state index is -0.993. The first-order valence-corrected chi connectivity index (χ1v) is 9.11. The van der Waals surface area contributed by atoms with Gasteiger partial charge in [-0.25, -0.2) is 0 Å². The second kappa shape index (κ2) is 7.40. The summed E-state index contributed by atoms with van der Waals surface area (Å²) in [5.41, 5.74) is 1.53. The molecule has 142 valence electrons. The smallest absolute Gasteiger partial charge is 0.323 e. The van der Waals surface area contributed by atoms with Gasteiger partial charge in [0.25, 0.3) is 0 Å². The van der Waals surface area contributed by atoms with E-state index in [0.717, 1.165) is 21.9 Å². The van der Waals surface area contributed by atoms with Gasteiger partial charge in [0, 0.05) is 4.92 Å². The summed E-state index contributed by atoms with van der Waals surface area (Å²) in [7, 11) is 1.30. The summed E-state index contributed by atoms with van der Waals surface area (Å²) >= 11 is 0. The zero-order chi connectivity index (χ0) is 19.7. The van der Waals surface area contributed by atoms with Gasteiger partial charge in [0.05, 0.1) is 13.0 Å². The number of nitro groups is 1. The summed E-state index contributed by atoms with van der Waals surface area (Å²) in [6, 6.07) is 20.4. The molecule has 3 aromatic rings. The van der Waals surface area contributed by atoms with E-state index in [0.29, 0.717) is 0 Å². The third-order valence-electron chi connectivity index (χ3n) is 5.44. The summed E-state index contributed by atoms with van der Waals surface area (Å²) in [5.74, 6) is -1.12. The highest BCUT2D eigenvalue weighted by molar-refractivity contribution is 5.83. The lowest BCUT2D eigenvalue weighted by Crippen LogP contribution is -2.37. The van der Waals surface area contributed by atoms with Crippen LogP contribution in [0.1, 0.15) is 23.1 Å². The maximum absolute atomic E-state index is 12.4. The molecule has 1 fully saturated rings. The largest absolute Gasteiger partial charge is 0.468 e. The molecule has 0 aromatic heterocycles. The molecular weight excluding hydrogens is 356 g/mol. The van der Waals surface area contributed by atoms with Crippen molar-refractivity contribution in [2.75, 3.05) is 7.11 Å². The molecule has 0 aliphatic carbocycles. The third-order valence-corrected chi connectivity index (χ3v) is 5.44. The first-order chi connectivity index (χ1) is 13.6. The molecule has 6 nitrogen and oxygen atoms in total. The van der Waals surface area contributed by atoms with Crippen molar-refractivity contribution in [3.05, 3.63) is 94.0 Å². The van der Waals surface area contributed by atoms with Crippen molar-refractivity contribution < 1.29 is 14.5 Å². The fourth-order valence-corrected chi connectivity index (χ4v) is 4.15. The van der Waals surface area contributed by atoms with Gasteiger partial charge >= 0.3 is 5.97 Å². The van der Waals surface area contributed by atoms with Crippen molar-refractivity contribution in [2.45, 2.75) is 24.0 Å². The molecule has 0 amide bonds. The van der Waals surface area contributed by atoms with Gasteiger partial charge in [-0.2, -0.15) is 0 Å². The van der Waals surface area contributed by atoms with E-state index in [4.69, 9.17) is 4.74 Å². The molecule has 28 heavy (non-hydrogen) atoms. The number of methoxy groups -OCH3 is 1. The van der Waals surface area contributed by atoms with Crippen LogP contribution in [-0.2, 0) is 9.53 Å². The van der Waals surface area contributed by atoms with Gasteiger partial charge in [-0.1, -0.05) is 66.7 Å². The normalized spacial score (nSPS) is 24.2. The maximum Gasteiger partial charge on any atom is 0.323 e. The number of carbonyl (C=O) groups is 1. The van der Waals surface area contributed by atoms with Crippen LogP contribution in [0.3, 0.4) is 0 Å². The fraction of sp³-hybridized carbons (Fsp3) is 0.227. The second-order valence-corrected chi connectivity index (χ2v) is 6.96. The number of hydrogen-bond acceptors (Lipinski definition) is 5. The van der Waals surface area contributed by atoms with E-state index in [1.807, 2.05) is 72.8 Å². The average molecular weight is 376 g/mol. The lowest BCUT2D eigenvalue weighted by atomic mass is 9.85. The van der Waals surface area contributed by atoms with E-state index in [1.54, 1.807) is 0 Å². The Morgan fingerprint density at radius 2 is 1.64 bits per heavy atom. The fourth-order valence-electron chi connectivity index (χ4n) is 4.15. The van der Waals surface area contributed by atoms with E-state index in [9.17, 15) is 14.9 Å². The summed E-state index contributed by atoms with van der Waals surface area (Å²) in [4.78, 5) is 24.3. The van der Waals surface area contributed by atoms with Crippen LogP contribution in [0.4, 0.5) is 0 Å². The molecule has 6 heteroatoms. The van der Waals surface area contributed by atoms with E-state index in [2.05, 4.69) is 5.32 Å². The average Bonchev–Trinajstić information content (AvgIpc) is 3.14. The molecule has 0 saturated carbocycles. The molecule has 1 N–H and O–H groups in total. The summed E-state index contributed by atoms with van der Waals surface area (Å²) in [6.07, 6.45) is 0. The Kier molecular flexibility index (Phi) is 4.79. The van der Waals surface area contributed by atoms with Gasteiger partial charge in [0.1, 0.15) is 12.1 Å². The molecule has 0 spiro atoms. The molecule has 4 atom stereocenters. The SMILES string of the molecule is COC(=O)[C@H]1N[C@H](c2ccc3ccccc3c2)[C@@H]([N+](=O)[O-])[C@@H]1c1ccccc1. The Labute approximate surface area is 162 Å². The van der Waals surface area contributed by atoms with Crippen molar-refractivity contribution in [2.24, 2.45) is 0 Å². The van der Waals surface area contributed by atoms with Gasteiger partial charge < -0.3 is 4.74 Å². The van der Waals surface area contributed by atoms with Gasteiger partial charge in [-0.15, -0.1) is 0 Å². The Morgan fingerprint density at radius 1 is 0.964 bits per heavy atom. The molecule has 1 saturated heterocycles. The standard InChI is InChI=1S/C22H20N2O4/c1-28-22(25)20-18(15-8-3-2-4-9-15)21(24(26)27)19(23-20)17-12-11-14-7-5-6-10-16(14)13-17/h2-13,18-21,23H,1H3/t18-,19-,20+,21+/m1/s1. The highest BCUT2D eigenvalue weighted by Crippen LogP contribution is 2.41. The quantitative estimate of drug-likeness (QED) is 0.428. The van der Waals surface area contributed by atoms with Crippen molar-refractivity contribution >= 4 is 16.7 Å². The molecule has 1 aliphatic heterocycles. The number of esters is 1. The lowest BCUT2D eigenvalue weighted by molar-refractivity contribution is -0.527. The number of hydrogen-bond donors (Lipinski definition) is 1. The molecule has 3 aromatic carbocycles. The number of carbonyl (C=O) groups excluding carboxylic acids is 1. The van der Waals surface area contributed by atoms with Crippen LogP contribution in [0.2, 0.25) is 0 Å². The number of ether oxygens (including phenoxy) is 1. The molecule has 1 aliphatic rings. The van der Waals surface area contributed by atoms with Gasteiger partial charge in [0.15, 0.2) is 0 Å². The number of fused-ring (bicyclic) bond motifs is 1. The minimum absolute atomic E-state index is 0.284. The van der Waals surface area contributed by atoms with Crippen LogP contribution < -0.4 is 5.32 Å². The number of nitrogens with zero attached hydrogens (tertiary/aromatic N) is 1. The van der Waals surface area contributed by atoms with E-state index in [-0.39, 0.29) is 4.92 Å². The predicted molar refractivity (Wildman–Crippen MR) is 106 cm³/mol. The van der Waals surface area contributed by atoms with Crippen LogP contribution in [0.15, 0.2) is 72.8 Å². The Morgan fingerprint density at radius 3 is 2.32 bits per heavy atom. The van der Waals surface area contributed by atoms with E-state index < -0.39 is 30.0 Å². The Bertz CT molecular complexity index is 1020. The zero-order valence-electron chi connectivity index (χ0n) is 15.3. The highest BCUT2D eigenvalue weighted by Gasteiger charge is 2.54. The lowest BCUT2D eigenvalue weighted by Gasteiger charge is -2.19. The molecule has 0 bridgehead atoms. The minimum Gasteiger partial charge on any atom is -0.468 e. The van der Waals surface area contributed by atoms with Gasteiger partial charge in [-0.05, 0) is 28.0 Å². The molecule has 1 heterocycles. The molecule has 4 rings (SSSR count). The van der Waals surface area contributed by atoms with E-state index in [1.165, 1.54) is 7.11 Å². The van der Waals surface area contributed by atoms with Crippen LogP contribution in [0, 0.1) is 10.1 Å². The number of rotatable bonds is 4. The monoisotopic (exact) mass is 376 g/mol. The summed E-state index contributed by atoms with van der Waals surface area (Å²) < 4.78 is 4.94. The zero-order valence-corrected chi connectivity index (χ0v) is 15.3. The number of benzene rings is 3. The molecule has 0 radical (unpaired) electrons. The topological polar surface area (TPSA) is 81.5 Å². The van der Waals surface area contributed by atoms with E-state index >= 15 is 0 Å². The maximum atomic E-state index is 12.4. The third kappa shape index (κ3) is 3.12. The Balaban J connectivity index is 1.81. The summed E-state index contributed by atoms with van der Waals surface area (Å²) in [5, 5.41) is 17.4. The van der Waals surface area contributed by atoms with Crippen molar-refractivity contribution in [3.63, 3.8) is 0 Å². The van der Waals surface area contributed by atoms with Crippen LogP contribution >= 0.6 is 0 Å². The van der Waals surface area contributed by atoms with Crippen molar-refractivity contribution in [1.29, 1.82) is 0 Å².